The van der Waals surface area contributed by atoms with E-state index in [0.29, 0.717) is 0 Å². The number of hydrogen-bond acceptors (Lipinski definition) is 4. The van der Waals surface area contributed by atoms with Gasteiger partial charge < -0.3 is 11.1 Å². The lowest BCUT2D eigenvalue weighted by Gasteiger charge is -2.09. The first-order valence-corrected chi connectivity index (χ1v) is 5.60. The number of rotatable bonds is 3. The van der Waals surface area contributed by atoms with Gasteiger partial charge in [0.05, 0.1) is 10.7 Å². The van der Waals surface area contributed by atoms with Gasteiger partial charge in [0.25, 0.3) is 0 Å². The van der Waals surface area contributed by atoms with E-state index in [0.717, 1.165) is 38.9 Å². The minimum Gasteiger partial charge on any atom is -0.330 e. The molecule has 0 atom stereocenters. The van der Waals surface area contributed by atoms with Gasteiger partial charge in [0.1, 0.15) is 0 Å². The van der Waals surface area contributed by atoms with Crippen molar-refractivity contribution in [1.29, 1.82) is 0 Å². The van der Waals surface area contributed by atoms with Crippen LogP contribution in [0.5, 0.6) is 0 Å². The minimum atomic E-state index is 0.766. The molecule has 0 radical (unpaired) electrons. The normalized spacial score (nSPS) is 15.8. The summed E-state index contributed by atoms with van der Waals surface area (Å²) in [6, 6.07) is 0. The van der Waals surface area contributed by atoms with Crippen molar-refractivity contribution in [3.8, 4) is 0 Å². The molecule has 0 fully saturated rings. The third-order valence-corrected chi connectivity index (χ3v) is 3.40. The number of thiazole rings is 1. The first kappa shape index (κ1) is 9.12. The number of nitrogens with one attached hydrogen (secondary N) is 1. The van der Waals surface area contributed by atoms with Crippen molar-refractivity contribution in [2.75, 3.05) is 13.1 Å². The molecule has 1 aliphatic heterocycles. The van der Waals surface area contributed by atoms with Crippen LogP contribution in [0, 0.1) is 0 Å². The fraction of sp³-hybridized carbons (Fsp3) is 0.667. The van der Waals surface area contributed by atoms with Crippen LogP contribution in [0.15, 0.2) is 0 Å². The Balaban J connectivity index is 2.07. The van der Waals surface area contributed by atoms with Gasteiger partial charge in [0.2, 0.25) is 0 Å². The van der Waals surface area contributed by atoms with E-state index < -0.39 is 0 Å². The molecule has 0 amide bonds. The van der Waals surface area contributed by atoms with Crippen molar-refractivity contribution in [1.82, 2.24) is 10.3 Å². The van der Waals surface area contributed by atoms with Crippen LogP contribution in [0.3, 0.4) is 0 Å². The lowest BCUT2D eigenvalue weighted by molar-refractivity contribution is 0.642. The molecule has 13 heavy (non-hydrogen) atoms. The minimum absolute atomic E-state index is 0.766. The summed E-state index contributed by atoms with van der Waals surface area (Å²) >= 11 is 1.85. The SMILES string of the molecule is NCCCc1nc2c(s1)CNCC2. The maximum Gasteiger partial charge on any atom is 0.0932 e. The van der Waals surface area contributed by atoms with Crippen LogP contribution in [-0.4, -0.2) is 18.1 Å². The lowest BCUT2D eigenvalue weighted by atomic mass is 10.2. The zero-order chi connectivity index (χ0) is 9.10. The van der Waals surface area contributed by atoms with Crippen LogP contribution < -0.4 is 11.1 Å². The standard InChI is InChI=1S/C9H15N3S/c10-4-1-2-9-12-7-3-5-11-6-8(7)13-9/h11H,1-6,10H2. The maximum atomic E-state index is 5.46. The van der Waals surface area contributed by atoms with Crippen molar-refractivity contribution in [2.45, 2.75) is 25.8 Å². The van der Waals surface area contributed by atoms with Crippen molar-refractivity contribution < 1.29 is 0 Å². The smallest absolute Gasteiger partial charge is 0.0932 e. The van der Waals surface area contributed by atoms with E-state index in [4.69, 9.17) is 5.73 Å². The summed E-state index contributed by atoms with van der Waals surface area (Å²) in [6.45, 7) is 2.85. The van der Waals surface area contributed by atoms with E-state index in [1.54, 1.807) is 0 Å². The topological polar surface area (TPSA) is 50.9 Å². The second kappa shape index (κ2) is 4.17. The number of aryl methyl sites for hydroxylation is 1. The van der Waals surface area contributed by atoms with E-state index in [9.17, 15) is 0 Å². The summed E-state index contributed by atoms with van der Waals surface area (Å²) in [5.74, 6) is 0. The summed E-state index contributed by atoms with van der Waals surface area (Å²) in [6.07, 6.45) is 3.20. The molecule has 1 aromatic rings. The molecule has 0 bridgehead atoms. The zero-order valence-electron chi connectivity index (χ0n) is 7.68. The fourth-order valence-corrected chi connectivity index (χ4v) is 2.67. The Hall–Kier alpha value is -0.450. The molecular weight excluding hydrogens is 182 g/mol. The summed E-state index contributed by atoms with van der Waals surface area (Å²) < 4.78 is 0. The molecular formula is C9H15N3S. The van der Waals surface area contributed by atoms with E-state index in [1.165, 1.54) is 15.6 Å². The van der Waals surface area contributed by atoms with Gasteiger partial charge >= 0.3 is 0 Å². The van der Waals surface area contributed by atoms with E-state index in [1.807, 2.05) is 11.3 Å². The Bertz CT molecular complexity index is 259. The molecule has 3 N–H and O–H groups in total. The lowest BCUT2D eigenvalue weighted by Crippen LogP contribution is -2.22. The van der Waals surface area contributed by atoms with Gasteiger partial charge in [-0.1, -0.05) is 0 Å². The highest BCUT2D eigenvalue weighted by Gasteiger charge is 2.13. The Labute approximate surface area is 82.4 Å². The highest BCUT2D eigenvalue weighted by molar-refractivity contribution is 7.11. The van der Waals surface area contributed by atoms with Crippen LogP contribution >= 0.6 is 11.3 Å². The summed E-state index contributed by atoms with van der Waals surface area (Å²) in [5, 5.41) is 4.62. The number of fused-ring (bicyclic) bond motifs is 1. The highest BCUT2D eigenvalue weighted by atomic mass is 32.1. The van der Waals surface area contributed by atoms with Gasteiger partial charge in [0, 0.05) is 30.8 Å². The van der Waals surface area contributed by atoms with Gasteiger partial charge in [-0.2, -0.15) is 0 Å². The maximum absolute atomic E-state index is 5.46. The molecule has 0 saturated heterocycles. The Kier molecular flexibility index (Phi) is 2.93. The summed E-state index contributed by atoms with van der Waals surface area (Å²) in [5.41, 5.74) is 6.78. The van der Waals surface area contributed by atoms with Crippen LogP contribution in [-0.2, 0) is 19.4 Å². The quantitative estimate of drug-likeness (QED) is 0.749. The van der Waals surface area contributed by atoms with E-state index in [-0.39, 0.29) is 0 Å². The van der Waals surface area contributed by atoms with E-state index >= 15 is 0 Å². The van der Waals surface area contributed by atoms with Gasteiger partial charge in [-0.25, -0.2) is 4.98 Å². The van der Waals surface area contributed by atoms with Gasteiger partial charge in [-0.3, -0.25) is 0 Å². The van der Waals surface area contributed by atoms with Crippen molar-refractivity contribution in [3.63, 3.8) is 0 Å². The second-order valence-corrected chi connectivity index (χ2v) is 4.46. The summed E-state index contributed by atoms with van der Waals surface area (Å²) in [7, 11) is 0. The molecule has 0 spiro atoms. The third-order valence-electron chi connectivity index (χ3n) is 2.24. The summed E-state index contributed by atoms with van der Waals surface area (Å²) in [4.78, 5) is 6.04. The van der Waals surface area contributed by atoms with Crippen LogP contribution in [0.4, 0.5) is 0 Å². The zero-order valence-corrected chi connectivity index (χ0v) is 8.49. The van der Waals surface area contributed by atoms with Crippen molar-refractivity contribution in [2.24, 2.45) is 5.73 Å². The van der Waals surface area contributed by atoms with Crippen molar-refractivity contribution >= 4 is 11.3 Å². The molecule has 0 saturated carbocycles. The molecule has 1 aromatic heterocycles. The van der Waals surface area contributed by atoms with E-state index in [2.05, 4.69) is 10.3 Å². The first-order valence-electron chi connectivity index (χ1n) is 4.78. The average molecular weight is 197 g/mol. The predicted octanol–water partition coefficient (Wildman–Crippen LogP) is 0.680. The number of nitrogens with zero attached hydrogens (tertiary/aromatic N) is 1. The van der Waals surface area contributed by atoms with Gasteiger partial charge in [-0.15, -0.1) is 11.3 Å². The van der Waals surface area contributed by atoms with Crippen molar-refractivity contribution in [3.05, 3.63) is 15.6 Å². The molecule has 0 unspecified atom stereocenters. The van der Waals surface area contributed by atoms with Gasteiger partial charge in [0.15, 0.2) is 0 Å². The van der Waals surface area contributed by atoms with Crippen LogP contribution in [0.2, 0.25) is 0 Å². The molecule has 3 nitrogen and oxygen atoms in total. The molecule has 0 aromatic carbocycles. The molecule has 2 heterocycles. The number of nitrogens with two attached hydrogens (primary N) is 1. The molecule has 1 aliphatic rings. The van der Waals surface area contributed by atoms with Gasteiger partial charge in [-0.05, 0) is 13.0 Å². The first-order chi connectivity index (χ1) is 6.40. The Morgan fingerprint density at radius 2 is 2.46 bits per heavy atom. The second-order valence-electron chi connectivity index (χ2n) is 3.30. The molecule has 72 valence electrons. The Morgan fingerprint density at radius 3 is 3.23 bits per heavy atom. The largest absolute Gasteiger partial charge is 0.330 e. The molecule has 0 aliphatic carbocycles. The molecule has 2 rings (SSSR count). The average Bonchev–Trinajstić information content (AvgIpc) is 2.57. The highest BCUT2D eigenvalue weighted by Crippen LogP contribution is 2.22. The Morgan fingerprint density at radius 1 is 1.54 bits per heavy atom. The monoisotopic (exact) mass is 197 g/mol. The third kappa shape index (κ3) is 2.07. The number of hydrogen-bond donors (Lipinski definition) is 2. The number of aromatic nitrogens is 1. The molecule has 4 heteroatoms. The van der Waals surface area contributed by atoms with Crippen LogP contribution in [0.25, 0.3) is 0 Å². The predicted molar refractivity (Wildman–Crippen MR) is 54.9 cm³/mol. The van der Waals surface area contributed by atoms with Crippen LogP contribution in [0.1, 0.15) is 22.0 Å². The fourth-order valence-electron chi connectivity index (χ4n) is 1.54.